The minimum Gasteiger partial charge on any atom is -0.479 e. The van der Waals surface area contributed by atoms with E-state index < -0.39 is 6.10 Å². The van der Waals surface area contributed by atoms with Crippen LogP contribution in [0.5, 0.6) is 5.75 Å². The van der Waals surface area contributed by atoms with Crippen molar-refractivity contribution >= 4 is 5.97 Å². The molecule has 1 atom stereocenters. The molecule has 19 heavy (non-hydrogen) atoms. The molecule has 106 valence electrons. The molecule has 0 aromatic heterocycles. The van der Waals surface area contributed by atoms with Gasteiger partial charge in [-0.1, -0.05) is 26.0 Å². The summed E-state index contributed by atoms with van der Waals surface area (Å²) in [5.41, 5.74) is 1.19. The Morgan fingerprint density at radius 3 is 2.37 bits per heavy atom. The summed E-state index contributed by atoms with van der Waals surface area (Å²) >= 11 is 0. The van der Waals surface area contributed by atoms with Gasteiger partial charge in [0.15, 0.2) is 6.10 Å². The summed E-state index contributed by atoms with van der Waals surface area (Å²) in [4.78, 5) is 11.4. The van der Waals surface area contributed by atoms with Crippen molar-refractivity contribution in [3.63, 3.8) is 0 Å². The lowest BCUT2D eigenvalue weighted by molar-refractivity contribution is -0.150. The number of rotatable bonds is 7. The number of benzene rings is 1. The van der Waals surface area contributed by atoms with Gasteiger partial charge in [0.05, 0.1) is 6.61 Å². The van der Waals surface area contributed by atoms with Gasteiger partial charge in [0.2, 0.25) is 0 Å². The Morgan fingerprint density at radius 2 is 1.84 bits per heavy atom. The van der Waals surface area contributed by atoms with Crippen LogP contribution in [0.1, 0.15) is 33.3 Å². The molecular formula is C15H23NO3. The molecule has 4 heteroatoms. The van der Waals surface area contributed by atoms with Gasteiger partial charge in [0, 0.05) is 12.6 Å². The first-order valence-corrected chi connectivity index (χ1v) is 6.68. The van der Waals surface area contributed by atoms with Crippen LogP contribution < -0.4 is 10.1 Å². The first-order chi connectivity index (χ1) is 9.02. The molecule has 1 rings (SSSR count). The van der Waals surface area contributed by atoms with E-state index in [0.717, 1.165) is 6.54 Å². The summed E-state index contributed by atoms with van der Waals surface area (Å²) in [6, 6.07) is 8.17. The summed E-state index contributed by atoms with van der Waals surface area (Å²) in [7, 11) is 0. The van der Waals surface area contributed by atoms with E-state index in [1.165, 1.54) is 5.56 Å². The summed E-state index contributed by atoms with van der Waals surface area (Å²) in [5, 5.41) is 3.34. The highest BCUT2D eigenvalue weighted by Gasteiger charge is 2.15. The summed E-state index contributed by atoms with van der Waals surface area (Å²) in [6.07, 6.45) is -0.584. The molecule has 0 fully saturated rings. The molecule has 0 heterocycles. The minimum absolute atomic E-state index is 0.340. The molecule has 0 bridgehead atoms. The predicted octanol–water partition coefficient (Wildman–Crippen LogP) is 2.52. The van der Waals surface area contributed by atoms with Gasteiger partial charge in [0.1, 0.15) is 5.75 Å². The average Bonchev–Trinajstić information content (AvgIpc) is 2.38. The smallest absolute Gasteiger partial charge is 0.347 e. The Kier molecular flexibility index (Phi) is 6.36. The topological polar surface area (TPSA) is 47.6 Å². The fraction of sp³-hybridized carbons (Fsp3) is 0.533. The molecule has 4 nitrogen and oxygen atoms in total. The molecule has 1 unspecified atom stereocenters. The zero-order valence-electron chi connectivity index (χ0n) is 12.1. The Balaban J connectivity index is 2.49. The predicted molar refractivity (Wildman–Crippen MR) is 75.1 cm³/mol. The highest BCUT2D eigenvalue weighted by molar-refractivity contribution is 5.74. The van der Waals surface area contributed by atoms with E-state index in [1.807, 2.05) is 24.3 Å². The van der Waals surface area contributed by atoms with Crippen molar-refractivity contribution in [3.05, 3.63) is 29.8 Å². The van der Waals surface area contributed by atoms with E-state index in [-0.39, 0.29) is 5.97 Å². The highest BCUT2D eigenvalue weighted by atomic mass is 16.6. The summed E-state index contributed by atoms with van der Waals surface area (Å²) in [5.74, 6) is 0.335. The third-order valence-corrected chi connectivity index (χ3v) is 2.57. The quantitative estimate of drug-likeness (QED) is 0.770. The van der Waals surface area contributed by atoms with E-state index in [4.69, 9.17) is 9.47 Å². The van der Waals surface area contributed by atoms with Crippen LogP contribution in [0.15, 0.2) is 24.3 Å². The molecule has 1 N–H and O–H groups in total. The number of carbonyl (C=O) groups excluding carboxylic acids is 1. The highest BCUT2D eigenvalue weighted by Crippen LogP contribution is 2.14. The third kappa shape index (κ3) is 5.75. The van der Waals surface area contributed by atoms with Gasteiger partial charge >= 0.3 is 5.97 Å². The van der Waals surface area contributed by atoms with Gasteiger partial charge in [-0.25, -0.2) is 4.79 Å². The SMILES string of the molecule is CCOC(=O)C(C)Oc1ccc(CNC(C)C)cc1. The largest absolute Gasteiger partial charge is 0.479 e. The van der Waals surface area contributed by atoms with Crippen molar-refractivity contribution in [1.29, 1.82) is 0 Å². The van der Waals surface area contributed by atoms with Crippen LogP contribution >= 0.6 is 0 Å². The Hall–Kier alpha value is -1.55. The van der Waals surface area contributed by atoms with Crippen LogP contribution in [0.25, 0.3) is 0 Å². The zero-order chi connectivity index (χ0) is 14.3. The molecule has 0 radical (unpaired) electrons. The van der Waals surface area contributed by atoms with Crippen molar-refractivity contribution < 1.29 is 14.3 Å². The van der Waals surface area contributed by atoms with Gasteiger partial charge in [-0.05, 0) is 31.5 Å². The lowest BCUT2D eigenvalue weighted by atomic mass is 10.2. The van der Waals surface area contributed by atoms with Gasteiger partial charge in [-0.3, -0.25) is 0 Å². The monoisotopic (exact) mass is 265 g/mol. The second-order valence-electron chi connectivity index (χ2n) is 4.69. The van der Waals surface area contributed by atoms with E-state index in [2.05, 4.69) is 19.2 Å². The Morgan fingerprint density at radius 1 is 1.21 bits per heavy atom. The zero-order valence-corrected chi connectivity index (χ0v) is 12.1. The van der Waals surface area contributed by atoms with E-state index in [9.17, 15) is 4.79 Å². The van der Waals surface area contributed by atoms with Crippen LogP contribution in [0, 0.1) is 0 Å². The number of carbonyl (C=O) groups is 1. The van der Waals surface area contributed by atoms with E-state index in [1.54, 1.807) is 13.8 Å². The maximum absolute atomic E-state index is 11.4. The van der Waals surface area contributed by atoms with Crippen LogP contribution in [-0.4, -0.2) is 24.7 Å². The molecule has 1 aromatic rings. The van der Waals surface area contributed by atoms with Crippen LogP contribution in [-0.2, 0) is 16.1 Å². The van der Waals surface area contributed by atoms with E-state index in [0.29, 0.717) is 18.4 Å². The van der Waals surface area contributed by atoms with Gasteiger partial charge in [-0.15, -0.1) is 0 Å². The Bertz CT molecular complexity index is 387. The van der Waals surface area contributed by atoms with Crippen molar-refractivity contribution in [2.24, 2.45) is 0 Å². The normalized spacial score (nSPS) is 12.3. The van der Waals surface area contributed by atoms with Crippen molar-refractivity contribution in [2.75, 3.05) is 6.61 Å². The fourth-order valence-corrected chi connectivity index (χ4v) is 1.52. The fourth-order valence-electron chi connectivity index (χ4n) is 1.52. The maximum Gasteiger partial charge on any atom is 0.347 e. The first kappa shape index (κ1) is 15.5. The number of hydrogen-bond donors (Lipinski definition) is 1. The number of esters is 1. The Labute approximate surface area is 115 Å². The molecule has 0 aliphatic rings. The minimum atomic E-state index is -0.584. The second kappa shape index (κ2) is 7.79. The molecule has 0 saturated heterocycles. The summed E-state index contributed by atoms with van der Waals surface area (Å²) < 4.78 is 10.4. The maximum atomic E-state index is 11.4. The van der Waals surface area contributed by atoms with E-state index >= 15 is 0 Å². The molecule has 0 spiro atoms. The molecule has 1 aromatic carbocycles. The lowest BCUT2D eigenvalue weighted by Gasteiger charge is -2.14. The summed E-state index contributed by atoms with van der Waals surface area (Å²) in [6.45, 7) is 8.88. The van der Waals surface area contributed by atoms with Crippen molar-refractivity contribution in [2.45, 2.75) is 46.4 Å². The van der Waals surface area contributed by atoms with Gasteiger partial charge in [0.25, 0.3) is 0 Å². The number of ether oxygens (including phenoxy) is 2. The number of nitrogens with one attached hydrogen (secondary N) is 1. The second-order valence-corrected chi connectivity index (χ2v) is 4.69. The lowest BCUT2D eigenvalue weighted by Crippen LogP contribution is -2.26. The molecule has 0 saturated carbocycles. The number of hydrogen-bond acceptors (Lipinski definition) is 4. The molecule has 0 aliphatic carbocycles. The molecular weight excluding hydrogens is 242 g/mol. The third-order valence-electron chi connectivity index (χ3n) is 2.57. The van der Waals surface area contributed by atoms with Crippen LogP contribution in [0.3, 0.4) is 0 Å². The molecule has 0 aliphatic heterocycles. The average molecular weight is 265 g/mol. The first-order valence-electron chi connectivity index (χ1n) is 6.68. The van der Waals surface area contributed by atoms with Gasteiger partial charge in [-0.2, -0.15) is 0 Å². The van der Waals surface area contributed by atoms with Crippen LogP contribution in [0.4, 0.5) is 0 Å². The standard InChI is InChI=1S/C15H23NO3/c1-5-18-15(17)12(4)19-14-8-6-13(7-9-14)10-16-11(2)3/h6-9,11-12,16H,5,10H2,1-4H3. The van der Waals surface area contributed by atoms with Crippen LogP contribution in [0.2, 0.25) is 0 Å². The van der Waals surface area contributed by atoms with Gasteiger partial charge < -0.3 is 14.8 Å². The molecule has 0 amide bonds. The van der Waals surface area contributed by atoms with Crippen molar-refractivity contribution in [1.82, 2.24) is 5.32 Å². The van der Waals surface area contributed by atoms with Crippen molar-refractivity contribution in [3.8, 4) is 5.75 Å².